The molecule has 2 unspecified atom stereocenters. The summed E-state index contributed by atoms with van der Waals surface area (Å²) in [5.74, 6) is 1.96. The first-order chi connectivity index (χ1) is 9.40. The van der Waals surface area contributed by atoms with E-state index in [1.54, 1.807) is 0 Å². The van der Waals surface area contributed by atoms with Crippen LogP contribution in [0.1, 0.15) is 76.8 Å². The molecule has 1 saturated carbocycles. The van der Waals surface area contributed by atoms with Gasteiger partial charge in [-0.2, -0.15) is 0 Å². The molecule has 0 aromatic heterocycles. The Kier molecular flexibility index (Phi) is 4.90. The van der Waals surface area contributed by atoms with Crippen LogP contribution in [-0.4, -0.2) is 5.11 Å². The molecule has 1 aliphatic carbocycles. The molecule has 1 N–H and O–H groups in total. The fourth-order valence-electron chi connectivity index (χ4n) is 3.67. The maximum Gasteiger partial charge on any atom is 0.0899 e. The lowest BCUT2D eigenvalue weighted by Crippen LogP contribution is -2.33. The summed E-state index contributed by atoms with van der Waals surface area (Å²) in [5, 5.41) is 11.1. The van der Waals surface area contributed by atoms with Gasteiger partial charge in [-0.3, -0.25) is 0 Å². The zero-order valence-electron chi connectivity index (χ0n) is 13.5. The Morgan fingerprint density at radius 1 is 1.15 bits per heavy atom. The van der Waals surface area contributed by atoms with Gasteiger partial charge in [-0.05, 0) is 54.6 Å². The highest BCUT2D eigenvalue weighted by Gasteiger charge is 2.35. The molecule has 1 aliphatic rings. The minimum Gasteiger partial charge on any atom is -0.385 e. The van der Waals surface area contributed by atoms with Crippen LogP contribution in [0.5, 0.6) is 0 Å². The highest BCUT2D eigenvalue weighted by Crippen LogP contribution is 2.42. The third kappa shape index (κ3) is 3.63. The lowest BCUT2D eigenvalue weighted by Gasteiger charge is -2.38. The molecule has 1 fully saturated rings. The standard InChI is InChI=1S/C19H30O/c1-14(2)12-16-6-5-11-19(20,13-16)18-9-7-17(8-10-18)15(3)4/h7-10,14-16,20H,5-6,11-13H2,1-4H3. The summed E-state index contributed by atoms with van der Waals surface area (Å²) in [4.78, 5) is 0. The van der Waals surface area contributed by atoms with Crippen LogP contribution in [0.2, 0.25) is 0 Å². The highest BCUT2D eigenvalue weighted by atomic mass is 16.3. The average molecular weight is 274 g/mol. The summed E-state index contributed by atoms with van der Waals surface area (Å²) in [6.45, 7) is 8.99. The van der Waals surface area contributed by atoms with Crippen LogP contribution < -0.4 is 0 Å². The van der Waals surface area contributed by atoms with Gasteiger partial charge in [0.15, 0.2) is 0 Å². The summed E-state index contributed by atoms with van der Waals surface area (Å²) < 4.78 is 0. The molecule has 1 aromatic rings. The highest BCUT2D eigenvalue weighted by molar-refractivity contribution is 5.29. The van der Waals surface area contributed by atoms with E-state index in [0.717, 1.165) is 30.7 Å². The Balaban J connectivity index is 2.12. The summed E-state index contributed by atoms with van der Waals surface area (Å²) in [6, 6.07) is 8.66. The minimum absolute atomic E-state index is 0.554. The van der Waals surface area contributed by atoms with Crippen LogP contribution in [0.3, 0.4) is 0 Å². The van der Waals surface area contributed by atoms with E-state index in [2.05, 4.69) is 52.0 Å². The first-order valence-electron chi connectivity index (χ1n) is 8.23. The van der Waals surface area contributed by atoms with Gasteiger partial charge in [-0.1, -0.05) is 58.4 Å². The van der Waals surface area contributed by atoms with E-state index in [0.29, 0.717) is 11.8 Å². The van der Waals surface area contributed by atoms with Crippen molar-refractivity contribution in [1.82, 2.24) is 0 Å². The van der Waals surface area contributed by atoms with Crippen molar-refractivity contribution in [3.8, 4) is 0 Å². The summed E-state index contributed by atoms with van der Waals surface area (Å²) in [7, 11) is 0. The van der Waals surface area contributed by atoms with Crippen molar-refractivity contribution in [2.24, 2.45) is 11.8 Å². The van der Waals surface area contributed by atoms with Gasteiger partial charge in [-0.25, -0.2) is 0 Å². The first-order valence-corrected chi connectivity index (χ1v) is 8.23. The zero-order valence-corrected chi connectivity index (χ0v) is 13.5. The quantitative estimate of drug-likeness (QED) is 0.796. The predicted molar refractivity (Wildman–Crippen MR) is 85.8 cm³/mol. The van der Waals surface area contributed by atoms with Gasteiger partial charge >= 0.3 is 0 Å². The van der Waals surface area contributed by atoms with Crippen molar-refractivity contribution >= 4 is 0 Å². The molecule has 0 bridgehead atoms. The Labute approximate surface area is 124 Å². The lowest BCUT2D eigenvalue weighted by atomic mass is 9.72. The largest absolute Gasteiger partial charge is 0.385 e. The van der Waals surface area contributed by atoms with Gasteiger partial charge in [0.1, 0.15) is 0 Å². The van der Waals surface area contributed by atoms with Crippen LogP contribution in [0.15, 0.2) is 24.3 Å². The molecule has 0 saturated heterocycles. The van der Waals surface area contributed by atoms with E-state index in [1.165, 1.54) is 18.4 Å². The Morgan fingerprint density at radius 3 is 2.35 bits per heavy atom. The van der Waals surface area contributed by atoms with Crippen molar-refractivity contribution in [3.05, 3.63) is 35.4 Å². The van der Waals surface area contributed by atoms with E-state index < -0.39 is 5.60 Å². The van der Waals surface area contributed by atoms with Crippen LogP contribution >= 0.6 is 0 Å². The van der Waals surface area contributed by atoms with Crippen molar-refractivity contribution in [2.75, 3.05) is 0 Å². The molecule has 0 heterocycles. The maximum absolute atomic E-state index is 11.1. The van der Waals surface area contributed by atoms with Crippen LogP contribution in [-0.2, 0) is 5.60 Å². The third-order valence-corrected chi connectivity index (χ3v) is 4.75. The SMILES string of the molecule is CC(C)CC1CCCC(O)(c2ccc(C(C)C)cc2)C1. The van der Waals surface area contributed by atoms with Crippen molar-refractivity contribution in [2.45, 2.75) is 71.3 Å². The number of benzene rings is 1. The van der Waals surface area contributed by atoms with Gasteiger partial charge in [0.25, 0.3) is 0 Å². The normalized spacial score (nSPS) is 27.2. The second-order valence-electron chi connectivity index (χ2n) is 7.40. The van der Waals surface area contributed by atoms with E-state index >= 15 is 0 Å². The van der Waals surface area contributed by atoms with E-state index in [1.807, 2.05) is 0 Å². The molecular weight excluding hydrogens is 244 g/mol. The second kappa shape index (κ2) is 6.30. The monoisotopic (exact) mass is 274 g/mol. The Hall–Kier alpha value is -0.820. The molecule has 1 heteroatoms. The van der Waals surface area contributed by atoms with Crippen LogP contribution in [0.25, 0.3) is 0 Å². The van der Waals surface area contributed by atoms with Crippen molar-refractivity contribution < 1.29 is 5.11 Å². The maximum atomic E-state index is 11.1. The van der Waals surface area contributed by atoms with Gasteiger partial charge < -0.3 is 5.11 Å². The molecule has 112 valence electrons. The molecule has 2 atom stereocenters. The minimum atomic E-state index is -0.590. The van der Waals surface area contributed by atoms with Crippen molar-refractivity contribution in [3.63, 3.8) is 0 Å². The molecule has 1 aromatic carbocycles. The summed E-state index contributed by atoms with van der Waals surface area (Å²) in [6.07, 6.45) is 5.53. The van der Waals surface area contributed by atoms with Gasteiger partial charge in [-0.15, -0.1) is 0 Å². The zero-order chi connectivity index (χ0) is 14.8. The van der Waals surface area contributed by atoms with Crippen molar-refractivity contribution in [1.29, 1.82) is 0 Å². The molecule has 20 heavy (non-hydrogen) atoms. The average Bonchev–Trinajstić information content (AvgIpc) is 2.38. The van der Waals surface area contributed by atoms with Gasteiger partial charge in [0.2, 0.25) is 0 Å². The Bertz CT molecular complexity index is 418. The van der Waals surface area contributed by atoms with Gasteiger partial charge in [0.05, 0.1) is 5.60 Å². The van der Waals surface area contributed by atoms with Gasteiger partial charge in [0, 0.05) is 0 Å². The van der Waals surface area contributed by atoms with E-state index in [4.69, 9.17) is 0 Å². The molecule has 0 radical (unpaired) electrons. The fourth-order valence-corrected chi connectivity index (χ4v) is 3.67. The predicted octanol–water partition coefficient (Wildman–Crippen LogP) is 5.23. The number of rotatable bonds is 4. The number of aliphatic hydroxyl groups is 1. The Morgan fingerprint density at radius 2 is 1.80 bits per heavy atom. The molecule has 0 spiro atoms. The van der Waals surface area contributed by atoms with E-state index in [-0.39, 0.29) is 0 Å². The molecule has 0 amide bonds. The number of hydrogen-bond donors (Lipinski definition) is 1. The second-order valence-corrected chi connectivity index (χ2v) is 7.40. The molecule has 1 nitrogen and oxygen atoms in total. The van der Waals surface area contributed by atoms with E-state index in [9.17, 15) is 5.11 Å². The number of hydrogen-bond acceptors (Lipinski definition) is 1. The molecule has 0 aliphatic heterocycles. The lowest BCUT2D eigenvalue weighted by molar-refractivity contribution is -0.0244. The first kappa shape index (κ1) is 15.6. The molecule has 2 rings (SSSR count). The third-order valence-electron chi connectivity index (χ3n) is 4.75. The van der Waals surface area contributed by atoms with Crippen LogP contribution in [0.4, 0.5) is 0 Å². The molecular formula is C19H30O. The topological polar surface area (TPSA) is 20.2 Å². The summed E-state index contributed by atoms with van der Waals surface area (Å²) >= 11 is 0. The smallest absolute Gasteiger partial charge is 0.0899 e. The fraction of sp³-hybridized carbons (Fsp3) is 0.684. The summed E-state index contributed by atoms with van der Waals surface area (Å²) in [5.41, 5.74) is 1.88. The van der Waals surface area contributed by atoms with Crippen LogP contribution in [0, 0.1) is 11.8 Å².